The van der Waals surface area contributed by atoms with Crippen molar-refractivity contribution < 1.29 is 0 Å². The van der Waals surface area contributed by atoms with Gasteiger partial charge in [0, 0.05) is 54.4 Å². The van der Waals surface area contributed by atoms with Gasteiger partial charge in [0.15, 0.2) is 5.82 Å². The molecule has 4 aromatic rings. The molecule has 37 heavy (non-hydrogen) atoms. The van der Waals surface area contributed by atoms with E-state index in [1.165, 1.54) is 0 Å². The fraction of sp³-hybridized carbons (Fsp3) is 0.407. The Labute approximate surface area is 215 Å². The van der Waals surface area contributed by atoms with Crippen LogP contribution >= 0.6 is 0 Å². The lowest BCUT2D eigenvalue weighted by atomic mass is 9.76. The number of aromatic nitrogens is 8. The Hall–Kier alpha value is -4.08. The first-order chi connectivity index (χ1) is 18.1. The number of nitrogens with one attached hydrogen (secondary N) is 1. The quantitative estimate of drug-likeness (QED) is 0.334. The van der Waals surface area contributed by atoms with Gasteiger partial charge in [-0.15, -0.1) is 5.10 Å². The predicted molar refractivity (Wildman–Crippen MR) is 143 cm³/mol. The number of nitrogens with zero attached hydrogens (tertiary/aromatic N) is 8. The van der Waals surface area contributed by atoms with Crippen molar-refractivity contribution in [2.75, 3.05) is 0 Å². The third kappa shape index (κ3) is 4.96. The summed E-state index contributed by atoms with van der Waals surface area (Å²) < 4.78 is 5.63. The number of aromatic amines is 1. The number of unbranched alkanes of at least 4 members (excludes halogenated alkanes) is 2. The molecule has 0 radical (unpaired) electrons. The lowest BCUT2D eigenvalue weighted by Crippen LogP contribution is -2.37. The summed E-state index contributed by atoms with van der Waals surface area (Å²) >= 11 is 0. The second kappa shape index (κ2) is 10.9. The maximum absolute atomic E-state index is 14.0. The van der Waals surface area contributed by atoms with Gasteiger partial charge >= 0.3 is 5.69 Å². The Kier molecular flexibility index (Phi) is 7.25. The van der Waals surface area contributed by atoms with Crippen LogP contribution in [-0.2, 0) is 24.9 Å². The third-order valence-corrected chi connectivity index (χ3v) is 7.05. The Morgan fingerprint density at radius 2 is 2.03 bits per heavy atom. The molecule has 3 aromatic heterocycles. The van der Waals surface area contributed by atoms with Crippen LogP contribution < -0.4 is 5.69 Å². The molecule has 1 N–H and O–H groups in total. The molecule has 10 nitrogen and oxygen atoms in total. The molecule has 0 spiro atoms. The maximum Gasteiger partial charge on any atom is 0.334 e. The molecule has 0 aliphatic carbocycles. The molecule has 192 valence electrons. The van der Waals surface area contributed by atoms with E-state index in [0.29, 0.717) is 18.8 Å². The number of imidazole rings is 1. The van der Waals surface area contributed by atoms with Crippen LogP contribution in [0.1, 0.15) is 57.2 Å². The van der Waals surface area contributed by atoms with Crippen LogP contribution in [0.15, 0.2) is 64.8 Å². The van der Waals surface area contributed by atoms with Gasteiger partial charge in [-0.25, -0.2) is 14.6 Å². The minimum atomic E-state index is -0.440. The van der Waals surface area contributed by atoms with Crippen LogP contribution in [0.2, 0.25) is 0 Å². The monoisotopic (exact) mass is 499 g/mol. The first kappa shape index (κ1) is 24.6. The lowest BCUT2D eigenvalue weighted by molar-refractivity contribution is 0.438. The number of aryl methyl sites for hydroxylation is 2. The van der Waals surface area contributed by atoms with E-state index in [-0.39, 0.29) is 5.69 Å². The first-order valence-corrected chi connectivity index (χ1v) is 13.0. The van der Waals surface area contributed by atoms with Crippen molar-refractivity contribution in [1.82, 2.24) is 39.5 Å². The minimum absolute atomic E-state index is 0.0461. The van der Waals surface area contributed by atoms with Crippen molar-refractivity contribution in [3.05, 3.63) is 76.7 Å². The molecule has 1 aromatic carbocycles. The lowest BCUT2D eigenvalue weighted by Gasteiger charge is -2.32. The van der Waals surface area contributed by atoms with Crippen LogP contribution in [0.25, 0.3) is 17.2 Å². The van der Waals surface area contributed by atoms with Crippen molar-refractivity contribution >= 4 is 6.21 Å². The van der Waals surface area contributed by atoms with Crippen molar-refractivity contribution in [2.24, 2.45) is 4.99 Å². The smallest absolute Gasteiger partial charge is 0.295 e. The van der Waals surface area contributed by atoms with Gasteiger partial charge in [0.1, 0.15) is 5.82 Å². The molecular weight excluding hydrogens is 466 g/mol. The zero-order chi connectivity index (χ0) is 25.7. The Balaban J connectivity index is 1.58. The van der Waals surface area contributed by atoms with Crippen molar-refractivity contribution in [3.63, 3.8) is 0 Å². The topological polar surface area (TPSA) is 112 Å². The first-order valence-electron chi connectivity index (χ1n) is 13.0. The zero-order valence-corrected chi connectivity index (χ0v) is 21.4. The van der Waals surface area contributed by atoms with Crippen LogP contribution in [0, 0.1) is 0 Å². The van der Waals surface area contributed by atoms with E-state index in [1.54, 1.807) is 10.8 Å². The Morgan fingerprint density at radius 3 is 2.78 bits per heavy atom. The summed E-state index contributed by atoms with van der Waals surface area (Å²) in [6, 6.07) is 10.1. The van der Waals surface area contributed by atoms with Crippen LogP contribution in [-0.4, -0.2) is 45.8 Å². The standard InChI is InChI=1S/C27H33N9O/c1-3-5-10-23-19-34(24-11-14-29-36(24)17-6-4-2)26(37)35(23)20-27(12-15-28-16-13-27)22-9-7-8-21(18-22)25-30-32-33-31-25/h7-9,11-12,14-16,18-19H,3-6,10,13,17,20H2,1-2H3,(H,30,31,32,33). The van der Waals surface area contributed by atoms with E-state index >= 15 is 0 Å². The van der Waals surface area contributed by atoms with Crippen molar-refractivity contribution in [3.8, 4) is 17.2 Å². The predicted octanol–water partition coefficient (Wildman–Crippen LogP) is 4.08. The molecular formula is C27H33N9O. The molecule has 1 aliphatic rings. The molecule has 5 rings (SSSR count). The summed E-state index contributed by atoms with van der Waals surface area (Å²) in [4.78, 5) is 18.3. The Bertz CT molecular complexity index is 1440. The van der Waals surface area contributed by atoms with Gasteiger partial charge in [-0.1, -0.05) is 51.0 Å². The van der Waals surface area contributed by atoms with E-state index in [2.05, 4.69) is 62.8 Å². The fourth-order valence-electron chi connectivity index (χ4n) is 4.92. The second-order valence-corrected chi connectivity index (χ2v) is 9.57. The molecule has 4 heterocycles. The molecule has 0 saturated heterocycles. The number of allylic oxidation sites excluding steroid dienone is 1. The molecule has 0 amide bonds. The van der Waals surface area contributed by atoms with Crippen LogP contribution in [0.5, 0.6) is 0 Å². The zero-order valence-electron chi connectivity index (χ0n) is 21.4. The van der Waals surface area contributed by atoms with Gasteiger partial charge in [-0.2, -0.15) is 5.10 Å². The number of aliphatic imine (C=N–C) groups is 1. The average molecular weight is 500 g/mol. The SMILES string of the molecule is CCCCc1cn(-c2ccnn2CCCC)c(=O)n1CC1(c2cccc(-c3nnn[nH]3)c2)C=CN=CC1. The van der Waals surface area contributed by atoms with Crippen molar-refractivity contribution in [1.29, 1.82) is 0 Å². The summed E-state index contributed by atoms with van der Waals surface area (Å²) in [7, 11) is 0. The summed E-state index contributed by atoms with van der Waals surface area (Å²) in [5.41, 5.74) is 2.52. The summed E-state index contributed by atoms with van der Waals surface area (Å²) in [6.45, 7) is 5.61. The van der Waals surface area contributed by atoms with Crippen LogP contribution in [0.4, 0.5) is 0 Å². The third-order valence-electron chi connectivity index (χ3n) is 7.05. The van der Waals surface area contributed by atoms with Gasteiger partial charge < -0.3 is 0 Å². The second-order valence-electron chi connectivity index (χ2n) is 9.57. The number of hydrogen-bond donors (Lipinski definition) is 1. The molecule has 0 bridgehead atoms. The summed E-state index contributed by atoms with van der Waals surface area (Å²) in [6.07, 6.45) is 15.3. The summed E-state index contributed by atoms with van der Waals surface area (Å²) in [5.74, 6) is 1.42. The number of rotatable bonds is 11. The average Bonchev–Trinajstić information content (AvgIpc) is 3.69. The largest absolute Gasteiger partial charge is 0.334 e. The minimum Gasteiger partial charge on any atom is -0.295 e. The van der Waals surface area contributed by atoms with E-state index in [1.807, 2.05) is 46.1 Å². The maximum atomic E-state index is 14.0. The molecule has 1 unspecified atom stereocenters. The highest BCUT2D eigenvalue weighted by Crippen LogP contribution is 2.35. The van der Waals surface area contributed by atoms with Gasteiger partial charge in [-0.3, -0.25) is 14.1 Å². The van der Waals surface area contributed by atoms with Gasteiger partial charge in [0.2, 0.25) is 0 Å². The summed E-state index contributed by atoms with van der Waals surface area (Å²) in [5, 5.41) is 18.8. The number of H-pyrrole nitrogens is 1. The highest BCUT2D eigenvalue weighted by atomic mass is 16.1. The van der Waals surface area contributed by atoms with Gasteiger partial charge in [0.25, 0.3) is 0 Å². The highest BCUT2D eigenvalue weighted by molar-refractivity contribution is 5.65. The molecule has 10 heteroatoms. The highest BCUT2D eigenvalue weighted by Gasteiger charge is 2.33. The van der Waals surface area contributed by atoms with Crippen molar-refractivity contribution in [2.45, 2.75) is 70.9 Å². The number of benzene rings is 1. The van der Waals surface area contributed by atoms with E-state index < -0.39 is 5.41 Å². The van der Waals surface area contributed by atoms with Crippen LogP contribution in [0.3, 0.4) is 0 Å². The van der Waals surface area contributed by atoms with E-state index in [9.17, 15) is 4.79 Å². The van der Waals surface area contributed by atoms with E-state index in [4.69, 9.17) is 0 Å². The van der Waals surface area contributed by atoms with E-state index in [0.717, 1.165) is 61.3 Å². The molecule has 0 fully saturated rings. The molecule has 1 aliphatic heterocycles. The van der Waals surface area contributed by atoms with Gasteiger partial charge in [-0.05, 0) is 47.7 Å². The fourth-order valence-corrected chi connectivity index (χ4v) is 4.92. The Morgan fingerprint density at radius 1 is 1.14 bits per heavy atom. The normalized spacial score (nSPS) is 17.0. The number of tetrazole rings is 1. The molecule has 0 saturated carbocycles. The molecule has 1 atom stereocenters. The number of hydrogen-bond acceptors (Lipinski definition) is 6. The van der Waals surface area contributed by atoms with Gasteiger partial charge in [0.05, 0.1) is 6.20 Å².